The van der Waals surface area contributed by atoms with Gasteiger partial charge in [-0.05, 0) is 37.6 Å². The molecule has 6 heteroatoms. The molecule has 1 amide bonds. The van der Waals surface area contributed by atoms with Crippen LogP contribution in [0.15, 0.2) is 42.5 Å². The number of quaternary nitrogens is 1. The van der Waals surface area contributed by atoms with E-state index in [1.54, 1.807) is 0 Å². The van der Waals surface area contributed by atoms with Crippen LogP contribution in [0.3, 0.4) is 0 Å². The van der Waals surface area contributed by atoms with Gasteiger partial charge in [0.1, 0.15) is 6.04 Å². The molecule has 0 unspecified atom stereocenters. The number of nitrogens with one attached hydrogen (secondary N) is 1. The molecule has 132 valence electrons. The van der Waals surface area contributed by atoms with E-state index in [0.29, 0.717) is 6.54 Å². The monoisotopic (exact) mass is 361 g/mol. The second-order valence-corrected chi connectivity index (χ2v) is 6.56. The molecule has 0 bridgehead atoms. The van der Waals surface area contributed by atoms with Crippen molar-refractivity contribution in [3.63, 3.8) is 0 Å². The molecule has 0 saturated heterocycles. The van der Waals surface area contributed by atoms with Crippen molar-refractivity contribution in [1.82, 2.24) is 5.32 Å². The smallest absolute Gasteiger partial charge is 0.275 e. The molecule has 2 aromatic carbocycles. The number of halogens is 1. The summed E-state index contributed by atoms with van der Waals surface area (Å²) in [5.74, 6) is 1.44. The predicted octanol–water partition coefficient (Wildman–Crippen LogP) is 2.57. The highest BCUT2D eigenvalue weighted by Crippen LogP contribution is 2.34. The van der Waals surface area contributed by atoms with Gasteiger partial charge in [-0.2, -0.15) is 0 Å². The summed E-state index contributed by atoms with van der Waals surface area (Å²) in [6, 6.07) is 13.4. The second kappa shape index (κ2) is 7.76. The van der Waals surface area contributed by atoms with Gasteiger partial charge in [0.15, 0.2) is 18.0 Å². The number of carbonyl (C=O) groups excluding carboxylic acids is 1. The van der Waals surface area contributed by atoms with Gasteiger partial charge >= 0.3 is 0 Å². The first-order valence-corrected chi connectivity index (χ1v) is 8.69. The lowest BCUT2D eigenvalue weighted by molar-refractivity contribution is -0.682. The summed E-state index contributed by atoms with van der Waals surface area (Å²) in [7, 11) is 0. The summed E-state index contributed by atoms with van der Waals surface area (Å²) < 4.78 is 10.7. The summed E-state index contributed by atoms with van der Waals surface area (Å²) in [4.78, 5) is 12.2. The van der Waals surface area contributed by atoms with Crippen molar-refractivity contribution in [2.75, 3.05) is 13.3 Å². The molecule has 0 radical (unpaired) electrons. The van der Waals surface area contributed by atoms with Gasteiger partial charge in [0.05, 0.1) is 6.04 Å². The third kappa shape index (κ3) is 4.24. The van der Waals surface area contributed by atoms with Crippen molar-refractivity contribution >= 4 is 17.5 Å². The lowest BCUT2D eigenvalue weighted by Crippen LogP contribution is -2.87. The van der Waals surface area contributed by atoms with Crippen LogP contribution in [0.2, 0.25) is 5.02 Å². The van der Waals surface area contributed by atoms with Crippen LogP contribution in [0.4, 0.5) is 0 Å². The number of ether oxygens (including phenoxy) is 2. The highest BCUT2D eigenvalue weighted by Gasteiger charge is 2.18. The number of hydrogen-bond acceptors (Lipinski definition) is 3. The highest BCUT2D eigenvalue weighted by atomic mass is 35.5. The van der Waals surface area contributed by atoms with Crippen LogP contribution < -0.4 is 20.1 Å². The standard InChI is InChI=1S/C19H21ClN2O3/c1-12(14-7-8-17-18(9-14)25-11-24-17)22-19(23)10-21-13(2)15-5-3-4-6-16(15)20/h3-9,12-13,21H,10-11H2,1-2H3,(H,22,23)/p+1/t12-,13+/m0/s1. The molecule has 0 spiro atoms. The second-order valence-electron chi connectivity index (χ2n) is 6.15. The lowest BCUT2D eigenvalue weighted by atomic mass is 10.1. The SMILES string of the molecule is C[C@H](NC(=O)C[NH2+][C@H](C)c1ccccc1Cl)c1ccc2c(c1)OCO2. The van der Waals surface area contributed by atoms with Crippen molar-refractivity contribution in [3.8, 4) is 11.5 Å². The maximum Gasteiger partial charge on any atom is 0.275 e. The summed E-state index contributed by atoms with van der Waals surface area (Å²) in [6.45, 7) is 4.57. The number of hydrogen-bond donors (Lipinski definition) is 2. The van der Waals surface area contributed by atoms with E-state index in [0.717, 1.165) is 27.6 Å². The molecule has 0 aliphatic carbocycles. The number of benzene rings is 2. The fourth-order valence-corrected chi connectivity index (χ4v) is 3.13. The number of fused-ring (bicyclic) bond motifs is 1. The Morgan fingerprint density at radius 1 is 1.20 bits per heavy atom. The fourth-order valence-electron chi connectivity index (χ4n) is 2.82. The molecule has 1 aliphatic heterocycles. The van der Waals surface area contributed by atoms with Crippen LogP contribution in [0.5, 0.6) is 11.5 Å². The Labute approximate surface area is 152 Å². The number of rotatable bonds is 6. The van der Waals surface area contributed by atoms with Crippen LogP contribution in [0.25, 0.3) is 0 Å². The quantitative estimate of drug-likeness (QED) is 0.831. The molecule has 0 aromatic heterocycles. The minimum atomic E-state index is -0.106. The van der Waals surface area contributed by atoms with E-state index < -0.39 is 0 Å². The van der Waals surface area contributed by atoms with Gasteiger partial charge < -0.3 is 20.1 Å². The van der Waals surface area contributed by atoms with E-state index in [2.05, 4.69) is 5.32 Å². The molecule has 0 fully saturated rings. The zero-order valence-electron chi connectivity index (χ0n) is 14.3. The van der Waals surface area contributed by atoms with E-state index in [9.17, 15) is 4.79 Å². The van der Waals surface area contributed by atoms with Crippen molar-refractivity contribution < 1.29 is 19.6 Å². The van der Waals surface area contributed by atoms with Crippen LogP contribution in [0.1, 0.15) is 37.1 Å². The number of carbonyl (C=O) groups is 1. The summed E-state index contributed by atoms with van der Waals surface area (Å²) >= 11 is 6.20. The molecule has 2 aromatic rings. The minimum absolute atomic E-state index is 0.0240. The van der Waals surface area contributed by atoms with Gasteiger partial charge in [-0.15, -0.1) is 0 Å². The van der Waals surface area contributed by atoms with E-state index in [1.807, 2.05) is 61.6 Å². The third-order valence-electron chi connectivity index (χ3n) is 4.33. The molecule has 5 nitrogen and oxygen atoms in total. The Bertz CT molecular complexity index is 766. The Morgan fingerprint density at radius 3 is 2.76 bits per heavy atom. The normalized spacial score (nSPS) is 14.8. The largest absolute Gasteiger partial charge is 0.454 e. The molecular formula is C19H22ClN2O3+. The zero-order chi connectivity index (χ0) is 17.8. The first kappa shape index (κ1) is 17.6. The van der Waals surface area contributed by atoms with Gasteiger partial charge in [0.25, 0.3) is 5.91 Å². The predicted molar refractivity (Wildman–Crippen MR) is 95.8 cm³/mol. The molecule has 2 atom stereocenters. The van der Waals surface area contributed by atoms with Crippen molar-refractivity contribution in [2.45, 2.75) is 25.9 Å². The van der Waals surface area contributed by atoms with Crippen molar-refractivity contribution in [3.05, 3.63) is 58.6 Å². The van der Waals surface area contributed by atoms with E-state index >= 15 is 0 Å². The highest BCUT2D eigenvalue weighted by molar-refractivity contribution is 6.31. The Balaban J connectivity index is 1.53. The minimum Gasteiger partial charge on any atom is -0.454 e. The van der Waals surface area contributed by atoms with E-state index in [1.165, 1.54) is 0 Å². The zero-order valence-corrected chi connectivity index (χ0v) is 15.0. The Hall–Kier alpha value is -2.24. The van der Waals surface area contributed by atoms with Crippen LogP contribution >= 0.6 is 11.6 Å². The van der Waals surface area contributed by atoms with Crippen LogP contribution in [-0.2, 0) is 4.79 Å². The lowest BCUT2D eigenvalue weighted by Gasteiger charge is -2.16. The van der Waals surface area contributed by atoms with Crippen molar-refractivity contribution in [2.24, 2.45) is 0 Å². The fraction of sp³-hybridized carbons (Fsp3) is 0.316. The topological polar surface area (TPSA) is 64.2 Å². The van der Waals surface area contributed by atoms with Crippen molar-refractivity contribution in [1.29, 1.82) is 0 Å². The first-order valence-electron chi connectivity index (χ1n) is 8.31. The first-order chi connectivity index (χ1) is 12.0. The van der Waals surface area contributed by atoms with Gasteiger partial charge in [-0.25, -0.2) is 0 Å². The summed E-state index contributed by atoms with van der Waals surface area (Å²) in [5, 5.41) is 5.71. The summed E-state index contributed by atoms with van der Waals surface area (Å²) in [6.07, 6.45) is 0. The number of amides is 1. The van der Waals surface area contributed by atoms with Gasteiger partial charge in [0.2, 0.25) is 6.79 Å². The molecule has 0 saturated carbocycles. The van der Waals surface area contributed by atoms with Gasteiger partial charge in [0, 0.05) is 10.6 Å². The Morgan fingerprint density at radius 2 is 1.96 bits per heavy atom. The molecular weight excluding hydrogens is 340 g/mol. The van der Waals surface area contributed by atoms with Gasteiger partial charge in [-0.3, -0.25) is 4.79 Å². The van der Waals surface area contributed by atoms with Gasteiger partial charge in [-0.1, -0.05) is 35.9 Å². The third-order valence-corrected chi connectivity index (χ3v) is 4.67. The molecule has 3 rings (SSSR count). The van der Waals surface area contributed by atoms with Crippen LogP contribution in [0, 0.1) is 0 Å². The average molecular weight is 362 g/mol. The van der Waals surface area contributed by atoms with E-state index in [-0.39, 0.29) is 24.8 Å². The average Bonchev–Trinajstić information content (AvgIpc) is 3.07. The molecule has 1 heterocycles. The maximum absolute atomic E-state index is 12.2. The molecule has 3 N–H and O–H groups in total. The Kier molecular flexibility index (Phi) is 5.46. The molecule has 1 aliphatic rings. The maximum atomic E-state index is 12.2. The molecule has 25 heavy (non-hydrogen) atoms. The summed E-state index contributed by atoms with van der Waals surface area (Å²) in [5.41, 5.74) is 2.01. The van der Waals surface area contributed by atoms with Crippen LogP contribution in [-0.4, -0.2) is 19.2 Å². The van der Waals surface area contributed by atoms with E-state index in [4.69, 9.17) is 21.1 Å². The number of nitrogens with two attached hydrogens (primary N) is 1.